The van der Waals surface area contributed by atoms with E-state index in [1.165, 1.54) is 33.9 Å². The minimum Gasteiger partial charge on any atom is -0.354 e. The van der Waals surface area contributed by atoms with E-state index in [2.05, 4.69) is 15.4 Å². The van der Waals surface area contributed by atoms with Crippen molar-refractivity contribution in [2.45, 2.75) is 32.9 Å². The Morgan fingerprint density at radius 1 is 1.28 bits per heavy atom. The van der Waals surface area contributed by atoms with Crippen molar-refractivity contribution in [3.63, 3.8) is 0 Å². The molecule has 8 heteroatoms. The van der Waals surface area contributed by atoms with E-state index in [0.29, 0.717) is 16.7 Å². The van der Waals surface area contributed by atoms with Crippen molar-refractivity contribution < 1.29 is 9.18 Å². The quantitative estimate of drug-likeness (QED) is 0.763. The minimum atomic E-state index is -0.352. The standard InChI is InChI=1S/C17H18FN5O2/c1-11(2)21-15(24)7-8-22-10-19-16-14(17(22)25)9-20-23(16)13-5-3-12(18)4-6-13/h3-6,9-11H,7-8H2,1-2H3,(H,21,24). The Morgan fingerprint density at radius 3 is 2.68 bits per heavy atom. The molecule has 1 amide bonds. The third kappa shape index (κ3) is 3.57. The number of nitrogens with zero attached hydrogens (tertiary/aromatic N) is 4. The molecule has 0 saturated heterocycles. The molecule has 7 nitrogen and oxygen atoms in total. The monoisotopic (exact) mass is 343 g/mol. The summed E-state index contributed by atoms with van der Waals surface area (Å²) in [5.41, 5.74) is 0.729. The summed E-state index contributed by atoms with van der Waals surface area (Å²) in [5, 5.41) is 7.29. The predicted octanol–water partition coefficient (Wildman–Crippen LogP) is 1.64. The molecule has 0 bridgehead atoms. The molecule has 1 aromatic carbocycles. The molecular formula is C17H18FN5O2. The Kier molecular flexibility index (Phi) is 4.60. The van der Waals surface area contributed by atoms with Gasteiger partial charge >= 0.3 is 0 Å². The Bertz CT molecular complexity index is 959. The van der Waals surface area contributed by atoms with Gasteiger partial charge in [0, 0.05) is 19.0 Å². The van der Waals surface area contributed by atoms with Gasteiger partial charge in [-0.2, -0.15) is 5.10 Å². The van der Waals surface area contributed by atoms with Gasteiger partial charge in [-0.25, -0.2) is 14.1 Å². The molecular weight excluding hydrogens is 325 g/mol. The summed E-state index contributed by atoms with van der Waals surface area (Å²) >= 11 is 0. The first-order valence-corrected chi connectivity index (χ1v) is 7.94. The molecule has 2 aromatic heterocycles. The molecule has 0 aliphatic carbocycles. The summed E-state index contributed by atoms with van der Waals surface area (Å²) in [7, 11) is 0. The molecule has 3 rings (SSSR count). The van der Waals surface area contributed by atoms with Crippen LogP contribution in [0, 0.1) is 5.82 Å². The van der Waals surface area contributed by atoms with Gasteiger partial charge in [-0.3, -0.25) is 14.2 Å². The lowest BCUT2D eigenvalue weighted by Gasteiger charge is -2.09. The number of nitrogens with one attached hydrogen (secondary N) is 1. The van der Waals surface area contributed by atoms with E-state index in [1.807, 2.05) is 13.8 Å². The highest BCUT2D eigenvalue weighted by atomic mass is 19.1. The Hall–Kier alpha value is -3.03. The lowest BCUT2D eigenvalue weighted by atomic mass is 10.3. The van der Waals surface area contributed by atoms with Crippen molar-refractivity contribution in [1.82, 2.24) is 24.6 Å². The van der Waals surface area contributed by atoms with Crippen LogP contribution in [0.15, 0.2) is 41.6 Å². The predicted molar refractivity (Wildman–Crippen MR) is 91.0 cm³/mol. The van der Waals surface area contributed by atoms with Crippen molar-refractivity contribution in [1.29, 1.82) is 0 Å². The number of halogens is 1. The van der Waals surface area contributed by atoms with Crippen LogP contribution in [0.2, 0.25) is 0 Å². The van der Waals surface area contributed by atoms with E-state index < -0.39 is 0 Å². The Labute approximate surface area is 143 Å². The third-order valence-corrected chi connectivity index (χ3v) is 3.66. The van der Waals surface area contributed by atoms with Crippen molar-refractivity contribution in [2.24, 2.45) is 0 Å². The molecule has 0 fully saturated rings. The van der Waals surface area contributed by atoms with E-state index in [4.69, 9.17) is 0 Å². The second kappa shape index (κ2) is 6.84. The summed E-state index contributed by atoms with van der Waals surface area (Å²) in [5.74, 6) is -0.473. The first kappa shape index (κ1) is 16.8. The van der Waals surface area contributed by atoms with Crippen LogP contribution < -0.4 is 10.9 Å². The van der Waals surface area contributed by atoms with Gasteiger partial charge in [0.15, 0.2) is 5.65 Å². The molecule has 0 saturated carbocycles. The van der Waals surface area contributed by atoms with Crippen molar-refractivity contribution in [2.75, 3.05) is 0 Å². The molecule has 130 valence electrons. The minimum absolute atomic E-state index is 0.0544. The van der Waals surface area contributed by atoms with E-state index in [1.54, 1.807) is 12.1 Å². The molecule has 2 heterocycles. The molecule has 3 aromatic rings. The second-order valence-corrected chi connectivity index (χ2v) is 5.99. The van der Waals surface area contributed by atoms with Gasteiger partial charge in [-0.15, -0.1) is 0 Å². The van der Waals surface area contributed by atoms with Gasteiger partial charge in [-0.1, -0.05) is 0 Å². The van der Waals surface area contributed by atoms with E-state index in [9.17, 15) is 14.0 Å². The molecule has 0 aliphatic rings. The van der Waals surface area contributed by atoms with Gasteiger partial charge in [0.25, 0.3) is 5.56 Å². The highest BCUT2D eigenvalue weighted by Crippen LogP contribution is 2.14. The lowest BCUT2D eigenvalue weighted by molar-refractivity contribution is -0.121. The van der Waals surface area contributed by atoms with Crippen LogP contribution in [-0.2, 0) is 11.3 Å². The van der Waals surface area contributed by atoms with Gasteiger partial charge in [-0.05, 0) is 38.1 Å². The Morgan fingerprint density at radius 2 is 2.00 bits per heavy atom. The number of carbonyl (C=O) groups is 1. The highest BCUT2D eigenvalue weighted by Gasteiger charge is 2.12. The smallest absolute Gasteiger partial charge is 0.264 e. The van der Waals surface area contributed by atoms with Gasteiger partial charge in [0.05, 0.1) is 18.2 Å². The number of amides is 1. The fourth-order valence-corrected chi connectivity index (χ4v) is 2.50. The van der Waals surface area contributed by atoms with Gasteiger partial charge in [0.2, 0.25) is 5.91 Å². The maximum Gasteiger partial charge on any atom is 0.264 e. The van der Waals surface area contributed by atoms with E-state index in [-0.39, 0.29) is 36.3 Å². The molecule has 0 spiro atoms. The van der Waals surface area contributed by atoms with Gasteiger partial charge < -0.3 is 5.32 Å². The van der Waals surface area contributed by atoms with Crippen molar-refractivity contribution >= 4 is 16.9 Å². The average Bonchev–Trinajstić information content (AvgIpc) is 2.99. The van der Waals surface area contributed by atoms with Crippen LogP contribution in [0.5, 0.6) is 0 Å². The SMILES string of the molecule is CC(C)NC(=O)CCn1cnc2c(cnn2-c2ccc(F)cc2)c1=O. The fraction of sp³-hybridized carbons (Fsp3) is 0.294. The number of aryl methyl sites for hydroxylation is 1. The lowest BCUT2D eigenvalue weighted by Crippen LogP contribution is -2.32. The number of hydrogen-bond donors (Lipinski definition) is 1. The molecule has 0 atom stereocenters. The normalized spacial score (nSPS) is 11.2. The number of rotatable bonds is 5. The summed E-state index contributed by atoms with van der Waals surface area (Å²) in [6.07, 6.45) is 3.02. The summed E-state index contributed by atoms with van der Waals surface area (Å²) in [6.45, 7) is 3.99. The fourth-order valence-electron chi connectivity index (χ4n) is 2.50. The molecule has 25 heavy (non-hydrogen) atoms. The number of hydrogen-bond acceptors (Lipinski definition) is 4. The zero-order valence-electron chi connectivity index (χ0n) is 13.9. The summed E-state index contributed by atoms with van der Waals surface area (Å²) in [6, 6.07) is 5.81. The maximum absolute atomic E-state index is 13.1. The number of carbonyl (C=O) groups excluding carboxylic acids is 1. The Balaban J connectivity index is 1.88. The largest absolute Gasteiger partial charge is 0.354 e. The topological polar surface area (TPSA) is 81.8 Å². The zero-order chi connectivity index (χ0) is 18.0. The van der Waals surface area contributed by atoms with Crippen LogP contribution in [0.4, 0.5) is 4.39 Å². The molecule has 1 N–H and O–H groups in total. The van der Waals surface area contributed by atoms with E-state index in [0.717, 1.165) is 0 Å². The molecule has 0 unspecified atom stereocenters. The number of benzene rings is 1. The molecule has 0 radical (unpaired) electrons. The zero-order valence-corrected chi connectivity index (χ0v) is 13.9. The summed E-state index contributed by atoms with van der Waals surface area (Å²) in [4.78, 5) is 28.5. The third-order valence-electron chi connectivity index (χ3n) is 3.66. The first-order chi connectivity index (χ1) is 12.0. The molecule has 0 aliphatic heterocycles. The van der Waals surface area contributed by atoms with Crippen LogP contribution in [0.3, 0.4) is 0 Å². The number of aromatic nitrogens is 4. The maximum atomic E-state index is 13.1. The number of fused-ring (bicyclic) bond motifs is 1. The van der Waals surface area contributed by atoms with Crippen LogP contribution in [0.25, 0.3) is 16.7 Å². The van der Waals surface area contributed by atoms with Crippen LogP contribution >= 0.6 is 0 Å². The van der Waals surface area contributed by atoms with Crippen molar-refractivity contribution in [3.8, 4) is 5.69 Å². The first-order valence-electron chi connectivity index (χ1n) is 7.94. The van der Waals surface area contributed by atoms with Crippen molar-refractivity contribution in [3.05, 3.63) is 53.0 Å². The van der Waals surface area contributed by atoms with Crippen LogP contribution in [-0.4, -0.2) is 31.3 Å². The van der Waals surface area contributed by atoms with E-state index >= 15 is 0 Å². The average molecular weight is 343 g/mol. The van der Waals surface area contributed by atoms with Gasteiger partial charge in [0.1, 0.15) is 11.2 Å². The summed E-state index contributed by atoms with van der Waals surface area (Å²) < 4.78 is 15.9. The second-order valence-electron chi connectivity index (χ2n) is 5.99. The van der Waals surface area contributed by atoms with Crippen LogP contribution in [0.1, 0.15) is 20.3 Å². The highest BCUT2D eigenvalue weighted by molar-refractivity contribution is 5.76.